The number of carboxylic acid groups (broad SMARTS) is 1. The van der Waals surface area contributed by atoms with Crippen molar-refractivity contribution >= 4 is 16.0 Å². The Kier molecular flexibility index (Phi) is 3.87. The predicted molar refractivity (Wildman–Crippen MR) is 85.6 cm³/mol. The van der Waals surface area contributed by atoms with Gasteiger partial charge in [-0.05, 0) is 23.3 Å². The van der Waals surface area contributed by atoms with Gasteiger partial charge >= 0.3 is 5.97 Å². The topological polar surface area (TPSA) is 139 Å². The molecule has 9 heteroatoms. The lowest BCUT2D eigenvalue weighted by Gasteiger charge is -2.05. The third-order valence-electron chi connectivity index (χ3n) is 3.44. The van der Waals surface area contributed by atoms with Crippen LogP contribution in [0.15, 0.2) is 53.4 Å². The Hall–Kier alpha value is -3.04. The fourth-order valence-electron chi connectivity index (χ4n) is 2.24. The van der Waals surface area contributed by atoms with Crippen molar-refractivity contribution in [2.24, 2.45) is 5.14 Å². The average molecular weight is 344 g/mol. The second-order valence-corrected chi connectivity index (χ2v) is 6.55. The van der Waals surface area contributed by atoms with E-state index in [2.05, 4.69) is 15.4 Å². The summed E-state index contributed by atoms with van der Waals surface area (Å²) in [6.07, 6.45) is 0. The Morgan fingerprint density at radius 1 is 0.958 bits per heavy atom. The molecule has 0 saturated heterocycles. The number of aromatic nitrogens is 3. The van der Waals surface area contributed by atoms with Gasteiger partial charge in [0.05, 0.1) is 4.90 Å². The highest BCUT2D eigenvalue weighted by Crippen LogP contribution is 2.25. The number of nitrogens with one attached hydrogen (secondary N) is 1. The van der Waals surface area contributed by atoms with E-state index in [1.54, 1.807) is 36.4 Å². The van der Waals surface area contributed by atoms with Crippen molar-refractivity contribution < 1.29 is 18.3 Å². The number of hydrogen-bond donors (Lipinski definition) is 3. The second kappa shape index (κ2) is 5.87. The molecular formula is C15H12N4O4S. The van der Waals surface area contributed by atoms with Crippen LogP contribution in [0.4, 0.5) is 0 Å². The van der Waals surface area contributed by atoms with Crippen molar-refractivity contribution in [3.8, 4) is 22.4 Å². The van der Waals surface area contributed by atoms with Crippen LogP contribution in [0, 0.1) is 0 Å². The quantitative estimate of drug-likeness (QED) is 0.655. The van der Waals surface area contributed by atoms with Crippen LogP contribution in [0.1, 0.15) is 10.5 Å². The molecule has 1 aromatic heterocycles. The third-order valence-corrected chi connectivity index (χ3v) is 4.37. The molecule has 0 saturated carbocycles. The minimum atomic E-state index is -3.73. The van der Waals surface area contributed by atoms with Crippen molar-refractivity contribution in [2.75, 3.05) is 0 Å². The van der Waals surface area contributed by atoms with Gasteiger partial charge in [0.15, 0.2) is 5.69 Å². The minimum absolute atomic E-state index is 0.0385. The van der Waals surface area contributed by atoms with Gasteiger partial charge < -0.3 is 5.11 Å². The molecule has 1 heterocycles. The number of hydrogen-bond acceptors (Lipinski definition) is 5. The van der Waals surface area contributed by atoms with Gasteiger partial charge in [-0.3, -0.25) is 5.10 Å². The van der Waals surface area contributed by atoms with E-state index in [0.29, 0.717) is 5.56 Å². The molecule has 122 valence electrons. The van der Waals surface area contributed by atoms with Crippen LogP contribution in [0.5, 0.6) is 0 Å². The zero-order chi connectivity index (χ0) is 17.3. The fourth-order valence-corrected chi connectivity index (χ4v) is 2.75. The van der Waals surface area contributed by atoms with E-state index >= 15 is 0 Å². The Bertz CT molecular complexity index is 993. The van der Waals surface area contributed by atoms with E-state index in [-0.39, 0.29) is 16.3 Å². The van der Waals surface area contributed by atoms with Gasteiger partial charge in [-0.2, -0.15) is 0 Å². The number of benzene rings is 2. The SMILES string of the molecule is NS(=O)(=O)c1ccc(-c2ccc(-c3nn[nH]c3C(=O)O)cc2)cc1. The van der Waals surface area contributed by atoms with Crippen molar-refractivity contribution in [2.45, 2.75) is 4.90 Å². The maximum Gasteiger partial charge on any atom is 0.356 e. The molecular weight excluding hydrogens is 332 g/mol. The monoisotopic (exact) mass is 344 g/mol. The largest absolute Gasteiger partial charge is 0.476 e. The first kappa shape index (κ1) is 15.8. The van der Waals surface area contributed by atoms with E-state index < -0.39 is 16.0 Å². The Balaban J connectivity index is 1.92. The number of aromatic amines is 1. The number of nitrogens with zero attached hydrogens (tertiary/aromatic N) is 2. The number of carboxylic acids is 1. The van der Waals surface area contributed by atoms with E-state index in [9.17, 15) is 13.2 Å². The molecule has 4 N–H and O–H groups in total. The van der Waals surface area contributed by atoms with E-state index in [1.807, 2.05) is 0 Å². The number of nitrogens with two attached hydrogens (primary N) is 1. The third kappa shape index (κ3) is 3.03. The Morgan fingerprint density at radius 2 is 1.46 bits per heavy atom. The van der Waals surface area contributed by atoms with Gasteiger partial charge in [0.1, 0.15) is 5.69 Å². The lowest BCUT2D eigenvalue weighted by Crippen LogP contribution is -2.11. The molecule has 0 atom stereocenters. The predicted octanol–water partition coefficient (Wildman–Crippen LogP) is 1.48. The molecule has 0 fully saturated rings. The number of rotatable bonds is 4. The summed E-state index contributed by atoms with van der Waals surface area (Å²) in [7, 11) is -3.73. The molecule has 24 heavy (non-hydrogen) atoms. The molecule has 0 aliphatic heterocycles. The van der Waals surface area contributed by atoms with Crippen molar-refractivity contribution in [1.29, 1.82) is 0 Å². The van der Waals surface area contributed by atoms with Crippen molar-refractivity contribution in [1.82, 2.24) is 15.4 Å². The highest BCUT2D eigenvalue weighted by molar-refractivity contribution is 7.89. The Labute approximate surface area is 137 Å². The van der Waals surface area contributed by atoms with Gasteiger partial charge in [-0.15, -0.1) is 5.10 Å². The molecule has 0 amide bonds. The van der Waals surface area contributed by atoms with Crippen LogP contribution in [0.3, 0.4) is 0 Å². The lowest BCUT2D eigenvalue weighted by molar-refractivity contribution is 0.0691. The van der Waals surface area contributed by atoms with Crippen LogP contribution < -0.4 is 5.14 Å². The van der Waals surface area contributed by atoms with Crippen LogP contribution in [0.2, 0.25) is 0 Å². The summed E-state index contributed by atoms with van der Waals surface area (Å²) < 4.78 is 22.5. The number of aromatic carboxylic acids is 1. The van der Waals surface area contributed by atoms with Gasteiger partial charge in [0, 0.05) is 5.56 Å². The summed E-state index contributed by atoms with van der Waals surface area (Å²) in [4.78, 5) is 11.1. The molecule has 0 spiro atoms. The second-order valence-electron chi connectivity index (χ2n) is 4.99. The van der Waals surface area contributed by atoms with Crippen molar-refractivity contribution in [3.05, 3.63) is 54.2 Å². The first-order valence-electron chi connectivity index (χ1n) is 6.74. The van der Waals surface area contributed by atoms with Gasteiger partial charge in [0.25, 0.3) is 0 Å². The average Bonchev–Trinajstić information content (AvgIpc) is 3.04. The first-order chi connectivity index (χ1) is 11.4. The van der Waals surface area contributed by atoms with Crippen LogP contribution in [0.25, 0.3) is 22.4 Å². The maximum atomic E-state index is 11.3. The number of H-pyrrole nitrogens is 1. The first-order valence-corrected chi connectivity index (χ1v) is 8.29. The van der Waals surface area contributed by atoms with Gasteiger partial charge in [0.2, 0.25) is 10.0 Å². The molecule has 3 aromatic rings. The van der Waals surface area contributed by atoms with Crippen LogP contribution in [-0.2, 0) is 10.0 Å². The zero-order valence-corrected chi connectivity index (χ0v) is 13.0. The summed E-state index contributed by atoms with van der Waals surface area (Å²) in [6.45, 7) is 0. The van der Waals surface area contributed by atoms with Crippen molar-refractivity contribution in [3.63, 3.8) is 0 Å². The van der Waals surface area contributed by atoms with Crippen LogP contribution in [-0.4, -0.2) is 34.9 Å². The molecule has 0 bridgehead atoms. The summed E-state index contributed by atoms with van der Waals surface area (Å²) in [5, 5.41) is 23.8. The molecule has 0 unspecified atom stereocenters. The normalized spacial score (nSPS) is 11.4. The summed E-state index contributed by atoms with van der Waals surface area (Å²) in [6, 6.07) is 13.1. The van der Waals surface area contributed by atoms with Crippen LogP contribution >= 0.6 is 0 Å². The van der Waals surface area contributed by atoms with E-state index in [0.717, 1.165) is 11.1 Å². The number of primary sulfonamides is 1. The maximum absolute atomic E-state index is 11.3. The number of carbonyl (C=O) groups is 1. The zero-order valence-electron chi connectivity index (χ0n) is 12.2. The highest BCUT2D eigenvalue weighted by Gasteiger charge is 2.16. The molecule has 3 rings (SSSR count). The minimum Gasteiger partial charge on any atom is -0.476 e. The Morgan fingerprint density at radius 3 is 1.96 bits per heavy atom. The van der Waals surface area contributed by atoms with E-state index in [1.165, 1.54) is 12.1 Å². The summed E-state index contributed by atoms with van der Waals surface area (Å²) in [5.41, 5.74) is 2.40. The lowest BCUT2D eigenvalue weighted by atomic mass is 10.0. The summed E-state index contributed by atoms with van der Waals surface area (Å²) in [5.74, 6) is -1.14. The van der Waals surface area contributed by atoms with Gasteiger partial charge in [-0.1, -0.05) is 41.6 Å². The summed E-state index contributed by atoms with van der Waals surface area (Å²) >= 11 is 0. The number of sulfonamides is 1. The molecule has 0 aliphatic rings. The fraction of sp³-hybridized carbons (Fsp3) is 0. The highest BCUT2D eigenvalue weighted by atomic mass is 32.2. The molecule has 2 aromatic carbocycles. The van der Waals surface area contributed by atoms with Gasteiger partial charge in [-0.25, -0.2) is 18.4 Å². The smallest absolute Gasteiger partial charge is 0.356 e. The molecule has 8 nitrogen and oxygen atoms in total. The van der Waals surface area contributed by atoms with E-state index in [4.69, 9.17) is 10.2 Å². The molecule has 0 radical (unpaired) electrons. The molecule has 0 aliphatic carbocycles. The standard InChI is InChI=1S/C15H12N4O4S/c16-24(22,23)12-7-5-10(6-8-12)9-1-3-11(4-2-9)13-14(15(20)21)18-19-17-13/h1-8H,(H,20,21)(H2,16,22,23)(H,17,18,19).